The van der Waals surface area contributed by atoms with E-state index in [0.29, 0.717) is 0 Å². The molecule has 1 heteroatoms. The maximum atomic E-state index is 3.44. The minimum Gasteiger partial charge on any atom is -0.197 e. The Labute approximate surface area is 303 Å². The molecule has 0 bridgehead atoms. The van der Waals surface area contributed by atoms with Gasteiger partial charge < -0.3 is 0 Å². The van der Waals surface area contributed by atoms with Gasteiger partial charge in [0.15, 0.2) is 0 Å². The van der Waals surface area contributed by atoms with Gasteiger partial charge in [0.2, 0.25) is 0 Å². The third-order valence-corrected chi connectivity index (χ3v) is 8.59. The summed E-state index contributed by atoms with van der Waals surface area (Å²) < 4.78 is 1.56. The molecule has 1 aliphatic carbocycles. The summed E-state index contributed by atoms with van der Waals surface area (Å²) in [6.07, 6.45) is 8.67. The Morgan fingerprint density at radius 3 is 1.35 bits per heavy atom. The summed E-state index contributed by atoms with van der Waals surface area (Å²) in [4.78, 5) is 0. The van der Waals surface area contributed by atoms with Gasteiger partial charge in [0.05, 0.1) is 0 Å². The number of hydrogen-bond donors (Lipinski definition) is 0. The molecule has 7 rings (SSSR count). The zero-order valence-electron chi connectivity index (χ0n) is 29.9. The van der Waals surface area contributed by atoms with E-state index in [2.05, 4.69) is 195 Å². The Morgan fingerprint density at radius 2 is 0.979 bits per heavy atom. The number of hydrogen-bond acceptors (Lipinski definition) is 0. The SMILES string of the molecule is CC(C)(C)c1ccc2c(c1)[cH-]c1cc(C(C)(C)C)ccc12.C[C](C)=[Hf+2].[C-]1=C(c2cc(-c3ccccc3)cc(-c3ccccc3)c2)C=CC1. The molecule has 0 aliphatic heterocycles. The normalized spacial score (nSPS) is 12.7. The summed E-state index contributed by atoms with van der Waals surface area (Å²) >= 11 is 1.27. The molecule has 0 unspecified atom stereocenters. The molecule has 6 aromatic carbocycles. The third kappa shape index (κ3) is 9.00. The molecule has 0 spiro atoms. The Morgan fingerprint density at radius 1 is 0.562 bits per heavy atom. The van der Waals surface area contributed by atoms with E-state index >= 15 is 0 Å². The van der Waals surface area contributed by atoms with Crippen LogP contribution in [-0.4, -0.2) is 3.26 Å². The molecule has 48 heavy (non-hydrogen) atoms. The van der Waals surface area contributed by atoms with Crippen molar-refractivity contribution in [1.82, 2.24) is 0 Å². The second-order valence-corrected chi connectivity index (χ2v) is 18.6. The second kappa shape index (κ2) is 15.2. The van der Waals surface area contributed by atoms with E-state index in [1.807, 2.05) is 0 Å². The topological polar surface area (TPSA) is 0 Å². The van der Waals surface area contributed by atoms with E-state index in [9.17, 15) is 0 Å². The minimum atomic E-state index is 0.203. The predicted molar refractivity (Wildman–Crippen MR) is 209 cm³/mol. The van der Waals surface area contributed by atoms with Crippen LogP contribution >= 0.6 is 0 Å². The first-order valence-electron chi connectivity index (χ1n) is 17.0. The second-order valence-electron chi connectivity index (χ2n) is 15.0. The molecule has 0 saturated carbocycles. The van der Waals surface area contributed by atoms with Crippen molar-refractivity contribution in [1.29, 1.82) is 0 Å². The van der Waals surface area contributed by atoms with Crippen molar-refractivity contribution in [2.45, 2.75) is 72.6 Å². The fraction of sp³-hybridized carbons (Fsp3) is 0.234. The van der Waals surface area contributed by atoms with Gasteiger partial charge in [0, 0.05) is 0 Å². The van der Waals surface area contributed by atoms with E-state index in [1.165, 1.54) is 90.0 Å². The van der Waals surface area contributed by atoms with Crippen LogP contribution < -0.4 is 0 Å². The van der Waals surface area contributed by atoms with Gasteiger partial charge in [0.1, 0.15) is 0 Å². The zero-order chi connectivity index (χ0) is 34.5. The van der Waals surface area contributed by atoms with Gasteiger partial charge in [-0.05, 0) is 39.2 Å². The largest absolute Gasteiger partial charge is 0.197 e. The number of benzene rings is 5. The molecule has 240 valence electrons. The molecule has 0 saturated heterocycles. The summed E-state index contributed by atoms with van der Waals surface area (Å²) in [7, 11) is 0. The van der Waals surface area contributed by atoms with E-state index in [0.717, 1.165) is 6.42 Å². The quantitative estimate of drug-likeness (QED) is 0.124. The van der Waals surface area contributed by atoms with Crippen LogP contribution in [0.25, 0.3) is 49.4 Å². The monoisotopic (exact) mass is 792 g/mol. The van der Waals surface area contributed by atoms with Crippen LogP contribution in [0.3, 0.4) is 0 Å². The summed E-state index contributed by atoms with van der Waals surface area (Å²) in [5.74, 6) is 0. The Kier molecular flexibility index (Phi) is 11.2. The number of allylic oxidation sites excluding steroid dienone is 4. The van der Waals surface area contributed by atoms with E-state index < -0.39 is 0 Å². The molecular formula is C47H48Hf. The van der Waals surface area contributed by atoms with Crippen molar-refractivity contribution in [3.63, 3.8) is 0 Å². The van der Waals surface area contributed by atoms with E-state index in [-0.39, 0.29) is 10.8 Å². The van der Waals surface area contributed by atoms with Crippen LogP contribution in [-0.2, 0) is 34.7 Å². The van der Waals surface area contributed by atoms with E-state index in [4.69, 9.17) is 0 Å². The first-order chi connectivity index (χ1) is 22.8. The number of fused-ring (bicyclic) bond motifs is 3. The first kappa shape index (κ1) is 35.5. The van der Waals surface area contributed by atoms with E-state index in [1.54, 1.807) is 3.26 Å². The van der Waals surface area contributed by atoms with Crippen molar-refractivity contribution >= 4 is 30.4 Å². The van der Waals surface area contributed by atoms with Crippen LogP contribution in [0.4, 0.5) is 0 Å². The molecule has 0 aromatic heterocycles. The molecule has 1 aliphatic rings. The van der Waals surface area contributed by atoms with Crippen molar-refractivity contribution in [2.75, 3.05) is 0 Å². The van der Waals surface area contributed by atoms with Gasteiger partial charge in [-0.15, -0.1) is 63.5 Å². The summed E-state index contributed by atoms with van der Waals surface area (Å²) in [5.41, 5.74) is 10.6. The van der Waals surface area contributed by atoms with Crippen LogP contribution in [0.15, 0.2) is 133 Å². The smallest absolute Gasteiger partial charge is 0.0194 e. The first-order valence-corrected chi connectivity index (χ1v) is 18.8. The molecule has 0 fully saturated rings. The Bertz CT molecular complexity index is 1940. The Balaban J connectivity index is 0.000000170. The van der Waals surface area contributed by atoms with Gasteiger partial charge in [-0.2, -0.15) is 17.7 Å². The summed E-state index contributed by atoms with van der Waals surface area (Å²) in [5, 5.41) is 5.48. The summed E-state index contributed by atoms with van der Waals surface area (Å²) in [6, 6.07) is 44.1. The third-order valence-electron chi connectivity index (χ3n) is 8.59. The average molecular weight is 791 g/mol. The number of rotatable bonds is 3. The molecular weight excluding hydrogens is 743 g/mol. The fourth-order valence-electron chi connectivity index (χ4n) is 5.94. The van der Waals surface area contributed by atoms with Crippen molar-refractivity contribution in [3.8, 4) is 22.3 Å². The van der Waals surface area contributed by atoms with Crippen molar-refractivity contribution in [2.24, 2.45) is 0 Å². The Hall–Kier alpha value is -3.81. The molecule has 0 radical (unpaired) electrons. The average Bonchev–Trinajstić information content (AvgIpc) is 3.73. The molecule has 0 atom stereocenters. The molecule has 0 heterocycles. The zero-order valence-corrected chi connectivity index (χ0v) is 33.5. The van der Waals surface area contributed by atoms with Gasteiger partial charge in [-0.1, -0.05) is 144 Å². The maximum Gasteiger partial charge on any atom is -0.0194 e. The van der Waals surface area contributed by atoms with Crippen LogP contribution in [0, 0.1) is 6.08 Å². The van der Waals surface area contributed by atoms with Crippen molar-refractivity contribution in [3.05, 3.63) is 156 Å². The minimum absolute atomic E-state index is 0.203. The molecule has 0 amide bonds. The fourth-order valence-corrected chi connectivity index (χ4v) is 5.94. The van der Waals surface area contributed by atoms with Crippen LogP contribution in [0.2, 0.25) is 0 Å². The van der Waals surface area contributed by atoms with Gasteiger partial charge in [-0.3, -0.25) is 0 Å². The van der Waals surface area contributed by atoms with Gasteiger partial charge in [-0.25, -0.2) is 0 Å². The van der Waals surface area contributed by atoms with Crippen molar-refractivity contribution < 1.29 is 23.9 Å². The standard InChI is InChI=1S/C23H17.C21H25.C3H6.Hf/c1-3-9-18(10-4-1)21-15-22(19-11-5-2-6-12-19)17-23(16-21)20-13-7-8-14-20;1-20(2,3)16-7-9-18-14(12-16)11-15-13-17(21(4,5)6)8-10-19(15)18;1-3-2;/h1-7,9-13,15-17H,8H2;7-13H,1-6H3;1-2H3;/q2*-1;;+2. The molecule has 0 N–H and O–H groups in total. The molecule has 0 nitrogen and oxygen atoms in total. The van der Waals surface area contributed by atoms with Crippen LogP contribution in [0.1, 0.15) is 78.5 Å². The maximum absolute atomic E-state index is 3.44. The van der Waals surface area contributed by atoms with Gasteiger partial charge >= 0.3 is 41.0 Å². The summed E-state index contributed by atoms with van der Waals surface area (Å²) in [6.45, 7) is 17.9. The van der Waals surface area contributed by atoms with Crippen LogP contribution in [0.5, 0.6) is 0 Å². The predicted octanol–water partition coefficient (Wildman–Crippen LogP) is 13.2. The molecule has 6 aromatic rings. The van der Waals surface area contributed by atoms with Gasteiger partial charge in [0.25, 0.3) is 0 Å².